The molecule has 2 aromatic heterocycles. The zero-order chi connectivity index (χ0) is 22.9. The molecule has 0 spiro atoms. The zero-order valence-corrected chi connectivity index (χ0v) is 19.1. The fourth-order valence-corrected chi connectivity index (χ4v) is 3.90. The Bertz CT molecular complexity index is 1030. The van der Waals surface area contributed by atoms with Crippen molar-refractivity contribution in [3.63, 3.8) is 0 Å². The molecule has 0 unspecified atom stereocenters. The number of pyridine rings is 2. The molecule has 3 aromatic rings. The molecule has 1 aliphatic rings. The maximum absolute atomic E-state index is 12.8. The van der Waals surface area contributed by atoms with Gasteiger partial charge in [-0.1, -0.05) is 19.1 Å². The third-order valence-corrected chi connectivity index (χ3v) is 5.78. The summed E-state index contributed by atoms with van der Waals surface area (Å²) in [5, 5.41) is 6.32. The van der Waals surface area contributed by atoms with Crippen LogP contribution in [0.2, 0.25) is 0 Å². The molecule has 172 valence electrons. The smallest absolute Gasteiger partial charge is 0.257 e. The molecule has 1 amide bonds. The normalized spacial score (nSPS) is 14.1. The fourth-order valence-electron chi connectivity index (χ4n) is 3.90. The summed E-state index contributed by atoms with van der Waals surface area (Å²) in [5.41, 5.74) is 4.38. The van der Waals surface area contributed by atoms with Crippen molar-refractivity contribution < 1.29 is 9.53 Å². The van der Waals surface area contributed by atoms with Gasteiger partial charge in [0.2, 0.25) is 0 Å². The molecule has 2 N–H and O–H groups in total. The molecule has 7 nitrogen and oxygen atoms in total. The van der Waals surface area contributed by atoms with Crippen LogP contribution in [-0.2, 0) is 11.2 Å². The number of hydrogen-bond acceptors (Lipinski definition) is 6. The van der Waals surface area contributed by atoms with Crippen molar-refractivity contribution in [2.45, 2.75) is 19.8 Å². The van der Waals surface area contributed by atoms with Gasteiger partial charge in [-0.3, -0.25) is 14.7 Å². The summed E-state index contributed by atoms with van der Waals surface area (Å²) in [4.78, 5) is 24.0. The molecule has 4 rings (SSSR count). The SMILES string of the molecule is CCc1ccc(NC(=O)c2ccc(NCCCN3CCOCC3)nc2)cc1-c1ccccn1. The monoisotopic (exact) mass is 445 g/mol. The summed E-state index contributed by atoms with van der Waals surface area (Å²) < 4.78 is 5.38. The predicted octanol–water partition coefficient (Wildman–Crippen LogP) is 4.09. The van der Waals surface area contributed by atoms with E-state index in [1.54, 1.807) is 18.5 Å². The van der Waals surface area contributed by atoms with Crippen molar-refractivity contribution in [3.8, 4) is 11.3 Å². The number of benzene rings is 1. The molecule has 1 aromatic carbocycles. The third-order valence-electron chi connectivity index (χ3n) is 5.78. The minimum Gasteiger partial charge on any atom is -0.379 e. The highest BCUT2D eigenvalue weighted by molar-refractivity contribution is 6.04. The van der Waals surface area contributed by atoms with Gasteiger partial charge in [0.25, 0.3) is 5.91 Å². The molecule has 33 heavy (non-hydrogen) atoms. The average Bonchev–Trinajstić information content (AvgIpc) is 2.88. The Morgan fingerprint density at radius 3 is 2.70 bits per heavy atom. The Labute approximate surface area is 195 Å². The van der Waals surface area contributed by atoms with Crippen molar-refractivity contribution in [2.75, 3.05) is 50.0 Å². The number of aryl methyl sites for hydroxylation is 1. The van der Waals surface area contributed by atoms with E-state index in [4.69, 9.17) is 4.74 Å². The number of nitrogens with zero attached hydrogens (tertiary/aromatic N) is 3. The minimum atomic E-state index is -0.183. The number of ether oxygens (including phenoxy) is 1. The topological polar surface area (TPSA) is 79.4 Å². The van der Waals surface area contributed by atoms with E-state index in [0.29, 0.717) is 5.56 Å². The van der Waals surface area contributed by atoms with Gasteiger partial charge in [-0.05, 0) is 61.3 Å². The van der Waals surface area contributed by atoms with Gasteiger partial charge < -0.3 is 15.4 Å². The predicted molar refractivity (Wildman–Crippen MR) is 132 cm³/mol. The molecule has 3 heterocycles. The lowest BCUT2D eigenvalue weighted by atomic mass is 10.0. The first-order chi connectivity index (χ1) is 16.2. The molecule has 0 atom stereocenters. The number of carbonyl (C=O) groups is 1. The number of nitrogens with one attached hydrogen (secondary N) is 2. The average molecular weight is 446 g/mol. The van der Waals surface area contributed by atoms with E-state index >= 15 is 0 Å². The first-order valence-corrected chi connectivity index (χ1v) is 11.6. The lowest BCUT2D eigenvalue weighted by Gasteiger charge is -2.26. The van der Waals surface area contributed by atoms with Gasteiger partial charge in [0, 0.05) is 43.3 Å². The fraction of sp³-hybridized carbons (Fsp3) is 0.346. The van der Waals surface area contributed by atoms with Crippen LogP contribution in [0, 0.1) is 0 Å². The third kappa shape index (κ3) is 6.37. The Balaban J connectivity index is 1.32. The molecular weight excluding hydrogens is 414 g/mol. The number of aromatic nitrogens is 2. The maximum atomic E-state index is 12.8. The Morgan fingerprint density at radius 2 is 1.97 bits per heavy atom. The van der Waals surface area contributed by atoms with Gasteiger partial charge in [0.15, 0.2) is 0 Å². The summed E-state index contributed by atoms with van der Waals surface area (Å²) in [6.45, 7) is 7.67. The first-order valence-electron chi connectivity index (χ1n) is 11.6. The van der Waals surface area contributed by atoms with E-state index in [2.05, 4.69) is 32.4 Å². The van der Waals surface area contributed by atoms with Crippen molar-refractivity contribution in [2.24, 2.45) is 0 Å². The summed E-state index contributed by atoms with van der Waals surface area (Å²) in [6.07, 6.45) is 5.32. The van der Waals surface area contributed by atoms with E-state index in [1.165, 1.54) is 5.56 Å². The van der Waals surface area contributed by atoms with E-state index in [1.807, 2.05) is 42.5 Å². The van der Waals surface area contributed by atoms with Crippen LogP contribution in [0.5, 0.6) is 0 Å². The molecule has 0 radical (unpaired) electrons. The second-order valence-electron chi connectivity index (χ2n) is 8.06. The number of hydrogen-bond donors (Lipinski definition) is 2. The molecule has 1 fully saturated rings. The van der Waals surface area contributed by atoms with Crippen LogP contribution >= 0.6 is 0 Å². The highest BCUT2D eigenvalue weighted by Gasteiger charge is 2.11. The highest BCUT2D eigenvalue weighted by Crippen LogP contribution is 2.26. The van der Waals surface area contributed by atoms with E-state index in [-0.39, 0.29) is 5.91 Å². The summed E-state index contributed by atoms with van der Waals surface area (Å²) in [5.74, 6) is 0.593. The van der Waals surface area contributed by atoms with Gasteiger partial charge in [-0.25, -0.2) is 4.98 Å². The number of amides is 1. The van der Waals surface area contributed by atoms with E-state index in [9.17, 15) is 4.79 Å². The highest BCUT2D eigenvalue weighted by atomic mass is 16.5. The van der Waals surface area contributed by atoms with Crippen LogP contribution in [0.3, 0.4) is 0 Å². The van der Waals surface area contributed by atoms with Crippen LogP contribution in [0.4, 0.5) is 11.5 Å². The van der Waals surface area contributed by atoms with E-state index in [0.717, 1.165) is 75.0 Å². The number of rotatable bonds is 9. The zero-order valence-electron chi connectivity index (χ0n) is 19.1. The second kappa shape index (κ2) is 11.5. The van der Waals surface area contributed by atoms with E-state index < -0.39 is 0 Å². The molecule has 7 heteroatoms. The molecular formula is C26H31N5O2. The summed E-state index contributed by atoms with van der Waals surface area (Å²) >= 11 is 0. The van der Waals surface area contributed by atoms with Gasteiger partial charge in [-0.2, -0.15) is 0 Å². The second-order valence-corrected chi connectivity index (χ2v) is 8.06. The number of carbonyl (C=O) groups excluding carboxylic acids is 1. The number of morpholine rings is 1. The molecule has 1 aliphatic heterocycles. The maximum Gasteiger partial charge on any atom is 0.257 e. The molecule has 1 saturated heterocycles. The standard InChI is InChI=1S/C26H31N5O2/c1-2-20-7-9-22(18-23(20)24-6-3-4-11-27-24)30-26(32)21-8-10-25(29-19-21)28-12-5-13-31-14-16-33-17-15-31/h3-4,6-11,18-19H,2,5,12-17H2,1H3,(H,28,29)(H,30,32). The van der Waals surface area contributed by atoms with Crippen molar-refractivity contribution >= 4 is 17.4 Å². The van der Waals surface area contributed by atoms with Gasteiger partial charge in [0.05, 0.1) is 24.5 Å². The van der Waals surface area contributed by atoms with Crippen LogP contribution in [0.15, 0.2) is 60.9 Å². The quantitative estimate of drug-likeness (QED) is 0.483. The molecule has 0 bridgehead atoms. The Morgan fingerprint density at radius 1 is 1.09 bits per heavy atom. The minimum absolute atomic E-state index is 0.183. The van der Waals surface area contributed by atoms with Gasteiger partial charge in [0.1, 0.15) is 5.82 Å². The van der Waals surface area contributed by atoms with Gasteiger partial charge >= 0.3 is 0 Å². The largest absolute Gasteiger partial charge is 0.379 e. The first kappa shape index (κ1) is 22.9. The number of anilines is 2. The van der Waals surface area contributed by atoms with Crippen molar-refractivity contribution in [3.05, 3.63) is 72.1 Å². The molecule has 0 saturated carbocycles. The Kier molecular flexibility index (Phi) is 8.00. The Hall–Kier alpha value is -3.29. The van der Waals surface area contributed by atoms with Crippen LogP contribution in [0.25, 0.3) is 11.3 Å². The van der Waals surface area contributed by atoms with Crippen LogP contribution in [0.1, 0.15) is 29.3 Å². The van der Waals surface area contributed by atoms with Crippen molar-refractivity contribution in [1.29, 1.82) is 0 Å². The lowest BCUT2D eigenvalue weighted by molar-refractivity contribution is 0.0378. The summed E-state index contributed by atoms with van der Waals surface area (Å²) in [6, 6.07) is 15.5. The molecule has 0 aliphatic carbocycles. The lowest BCUT2D eigenvalue weighted by Crippen LogP contribution is -2.37. The summed E-state index contributed by atoms with van der Waals surface area (Å²) in [7, 11) is 0. The van der Waals surface area contributed by atoms with Crippen LogP contribution in [-0.4, -0.2) is 60.2 Å². The van der Waals surface area contributed by atoms with Crippen molar-refractivity contribution in [1.82, 2.24) is 14.9 Å². The van der Waals surface area contributed by atoms with Gasteiger partial charge in [-0.15, -0.1) is 0 Å². The van der Waals surface area contributed by atoms with Crippen LogP contribution < -0.4 is 10.6 Å².